The zero-order valence-corrected chi connectivity index (χ0v) is 11.9. The highest BCUT2D eigenvalue weighted by Gasteiger charge is 2.16. The van der Waals surface area contributed by atoms with Crippen LogP contribution in [0.25, 0.3) is 12.2 Å². The monoisotopic (exact) mass is 265 g/mol. The van der Waals surface area contributed by atoms with Crippen LogP contribution < -0.4 is 5.06 Å². The summed E-state index contributed by atoms with van der Waals surface area (Å²) in [4.78, 5) is 6.01. The Morgan fingerprint density at radius 1 is 0.900 bits per heavy atom. The first-order valence-electron chi connectivity index (χ1n) is 7.03. The van der Waals surface area contributed by atoms with Gasteiger partial charge in [0.1, 0.15) is 0 Å². The van der Waals surface area contributed by atoms with Gasteiger partial charge >= 0.3 is 0 Å². The van der Waals surface area contributed by atoms with E-state index in [0.717, 1.165) is 12.2 Å². The Morgan fingerprint density at radius 3 is 2.35 bits per heavy atom. The molecule has 2 aromatic rings. The molecule has 0 saturated heterocycles. The number of anilines is 1. The Bertz CT molecular complexity index is 631. The normalized spacial score (nSPS) is 15.2. The van der Waals surface area contributed by atoms with Gasteiger partial charge in [-0.05, 0) is 31.0 Å². The van der Waals surface area contributed by atoms with Gasteiger partial charge in [0.05, 0.1) is 18.3 Å². The van der Waals surface area contributed by atoms with Crippen LogP contribution in [0.2, 0.25) is 0 Å². The van der Waals surface area contributed by atoms with Crippen molar-refractivity contribution in [3.8, 4) is 0 Å². The van der Waals surface area contributed by atoms with Gasteiger partial charge in [-0.3, -0.25) is 4.84 Å². The second-order valence-electron chi connectivity index (χ2n) is 5.28. The van der Waals surface area contributed by atoms with Crippen LogP contribution in [-0.4, -0.2) is 6.10 Å². The van der Waals surface area contributed by atoms with E-state index in [1.807, 2.05) is 5.06 Å². The minimum Gasteiger partial charge on any atom is -0.270 e. The molecule has 0 unspecified atom stereocenters. The lowest BCUT2D eigenvalue weighted by Gasteiger charge is -2.29. The van der Waals surface area contributed by atoms with Gasteiger partial charge in [0.15, 0.2) is 0 Å². The highest BCUT2D eigenvalue weighted by atomic mass is 16.7. The molecule has 0 amide bonds. The molecule has 3 rings (SSSR count). The molecule has 0 radical (unpaired) electrons. The summed E-state index contributed by atoms with van der Waals surface area (Å²) in [5.74, 6) is 0. The van der Waals surface area contributed by atoms with Gasteiger partial charge in [-0.25, -0.2) is 5.06 Å². The Labute approximate surface area is 120 Å². The molecule has 102 valence electrons. The van der Waals surface area contributed by atoms with Crippen LogP contribution in [0.15, 0.2) is 48.5 Å². The second-order valence-corrected chi connectivity index (χ2v) is 5.28. The fourth-order valence-corrected chi connectivity index (χ4v) is 2.46. The van der Waals surface area contributed by atoms with Crippen LogP contribution in [0.1, 0.15) is 30.5 Å². The standard InChI is InChI=1S/C18H19NO/c1-14(2)20-19-13-17-9-4-3-7-15(17)11-12-16-8-5-6-10-18(16)19/h3-12,14H,13H2,1-2H3/b12-11-. The number of benzene rings is 2. The van der Waals surface area contributed by atoms with Crippen LogP contribution in [0.3, 0.4) is 0 Å². The molecule has 2 nitrogen and oxygen atoms in total. The molecule has 0 fully saturated rings. The average Bonchev–Trinajstić information content (AvgIpc) is 2.43. The summed E-state index contributed by atoms with van der Waals surface area (Å²) in [6, 6.07) is 16.8. The fraction of sp³-hybridized carbons (Fsp3) is 0.222. The lowest BCUT2D eigenvalue weighted by Crippen LogP contribution is -2.28. The van der Waals surface area contributed by atoms with Crippen molar-refractivity contribution < 1.29 is 4.84 Å². The largest absolute Gasteiger partial charge is 0.270 e. The molecule has 0 saturated carbocycles. The van der Waals surface area contributed by atoms with Gasteiger partial charge in [-0.2, -0.15) is 0 Å². The Morgan fingerprint density at radius 2 is 1.55 bits per heavy atom. The summed E-state index contributed by atoms with van der Waals surface area (Å²) in [7, 11) is 0. The van der Waals surface area contributed by atoms with Gasteiger partial charge in [0, 0.05) is 5.56 Å². The fourth-order valence-electron chi connectivity index (χ4n) is 2.46. The Hall–Kier alpha value is -2.06. The molecule has 0 atom stereocenters. The third kappa shape index (κ3) is 2.61. The summed E-state index contributed by atoms with van der Waals surface area (Å²) in [5.41, 5.74) is 4.83. The van der Waals surface area contributed by atoms with Crippen molar-refractivity contribution in [2.45, 2.75) is 26.5 Å². The number of hydrogen-bond donors (Lipinski definition) is 0. The third-order valence-electron chi connectivity index (χ3n) is 3.36. The molecule has 2 heteroatoms. The Kier molecular flexibility index (Phi) is 3.57. The van der Waals surface area contributed by atoms with Crippen molar-refractivity contribution in [2.24, 2.45) is 0 Å². The molecule has 1 aliphatic heterocycles. The van der Waals surface area contributed by atoms with Crippen molar-refractivity contribution in [1.82, 2.24) is 0 Å². The van der Waals surface area contributed by atoms with Crippen molar-refractivity contribution in [1.29, 1.82) is 0 Å². The van der Waals surface area contributed by atoms with E-state index in [0.29, 0.717) is 0 Å². The van der Waals surface area contributed by atoms with Crippen molar-refractivity contribution >= 4 is 17.8 Å². The van der Waals surface area contributed by atoms with E-state index in [4.69, 9.17) is 4.84 Å². The molecular weight excluding hydrogens is 246 g/mol. The summed E-state index contributed by atoms with van der Waals surface area (Å²) in [6.45, 7) is 4.88. The van der Waals surface area contributed by atoms with Gasteiger partial charge in [0.25, 0.3) is 0 Å². The summed E-state index contributed by atoms with van der Waals surface area (Å²) in [5, 5.41) is 2.00. The first kappa shape index (κ1) is 12.9. The van der Waals surface area contributed by atoms with E-state index in [9.17, 15) is 0 Å². The van der Waals surface area contributed by atoms with Gasteiger partial charge in [-0.1, -0.05) is 54.6 Å². The third-order valence-corrected chi connectivity index (χ3v) is 3.36. The molecule has 0 aromatic heterocycles. The van der Waals surface area contributed by atoms with E-state index in [2.05, 4.69) is 74.5 Å². The van der Waals surface area contributed by atoms with Crippen LogP contribution in [0.5, 0.6) is 0 Å². The lowest BCUT2D eigenvalue weighted by molar-refractivity contribution is 0.0525. The maximum absolute atomic E-state index is 6.01. The molecule has 0 aliphatic carbocycles. The van der Waals surface area contributed by atoms with E-state index in [-0.39, 0.29) is 6.10 Å². The number of hydrogen-bond acceptors (Lipinski definition) is 2. The molecule has 0 bridgehead atoms. The van der Waals surface area contributed by atoms with Crippen molar-refractivity contribution in [3.05, 3.63) is 65.2 Å². The minimum absolute atomic E-state index is 0.152. The van der Waals surface area contributed by atoms with Crippen LogP contribution in [0.4, 0.5) is 5.69 Å². The molecule has 1 heterocycles. The zero-order chi connectivity index (χ0) is 13.9. The summed E-state index contributed by atoms with van der Waals surface area (Å²) < 4.78 is 0. The Balaban J connectivity index is 2.09. The highest BCUT2D eigenvalue weighted by Crippen LogP contribution is 2.29. The molecule has 0 N–H and O–H groups in total. The van der Waals surface area contributed by atoms with E-state index >= 15 is 0 Å². The van der Waals surface area contributed by atoms with E-state index in [1.165, 1.54) is 16.7 Å². The van der Waals surface area contributed by atoms with E-state index in [1.54, 1.807) is 0 Å². The smallest absolute Gasteiger partial charge is 0.0800 e. The average molecular weight is 265 g/mol. The van der Waals surface area contributed by atoms with E-state index < -0.39 is 0 Å². The lowest BCUT2D eigenvalue weighted by atomic mass is 10.0. The van der Waals surface area contributed by atoms with Crippen LogP contribution in [0, 0.1) is 0 Å². The first-order chi connectivity index (χ1) is 9.74. The number of nitrogens with zero attached hydrogens (tertiary/aromatic N) is 1. The number of para-hydroxylation sites is 1. The van der Waals surface area contributed by atoms with Crippen molar-refractivity contribution in [2.75, 3.05) is 5.06 Å². The maximum atomic E-state index is 6.01. The predicted octanol–water partition coefficient (Wildman–Crippen LogP) is 4.52. The van der Waals surface area contributed by atoms with Crippen LogP contribution >= 0.6 is 0 Å². The number of hydroxylamine groups is 1. The van der Waals surface area contributed by atoms with Gasteiger partial charge in [-0.15, -0.1) is 0 Å². The molecule has 0 spiro atoms. The number of rotatable bonds is 2. The topological polar surface area (TPSA) is 12.5 Å². The number of fused-ring (bicyclic) bond motifs is 2. The molecule has 2 aromatic carbocycles. The minimum atomic E-state index is 0.152. The highest BCUT2D eigenvalue weighted by molar-refractivity contribution is 5.79. The first-order valence-corrected chi connectivity index (χ1v) is 7.03. The molecule has 20 heavy (non-hydrogen) atoms. The van der Waals surface area contributed by atoms with Crippen LogP contribution in [-0.2, 0) is 11.4 Å². The van der Waals surface area contributed by atoms with Gasteiger partial charge in [0.2, 0.25) is 0 Å². The maximum Gasteiger partial charge on any atom is 0.0800 e. The zero-order valence-electron chi connectivity index (χ0n) is 11.9. The summed E-state index contributed by atoms with van der Waals surface area (Å²) in [6.07, 6.45) is 4.49. The molecule has 1 aliphatic rings. The SMILES string of the molecule is CC(C)ON1Cc2ccccc2/C=C\c2ccccc21. The molecular formula is C18H19NO. The van der Waals surface area contributed by atoms with Gasteiger partial charge < -0.3 is 0 Å². The predicted molar refractivity (Wildman–Crippen MR) is 84.2 cm³/mol. The summed E-state index contributed by atoms with van der Waals surface area (Å²) >= 11 is 0. The second kappa shape index (κ2) is 5.51. The van der Waals surface area contributed by atoms with Crippen molar-refractivity contribution in [3.63, 3.8) is 0 Å². The quantitative estimate of drug-likeness (QED) is 0.791.